The molecule has 1 N–H and O–H groups in total. The summed E-state index contributed by atoms with van der Waals surface area (Å²) in [5.41, 5.74) is 1.10. The van der Waals surface area contributed by atoms with Crippen LogP contribution in [-0.2, 0) is 6.54 Å². The highest BCUT2D eigenvalue weighted by Gasteiger charge is 2.16. The number of aryl methyl sites for hydroxylation is 1. The predicted molar refractivity (Wildman–Crippen MR) is 43.4 cm³/mol. The Morgan fingerprint density at radius 2 is 2.64 bits per heavy atom. The number of rotatable bonds is 2. The van der Waals surface area contributed by atoms with Crippen LogP contribution in [0.5, 0.6) is 0 Å². The fourth-order valence-corrected chi connectivity index (χ4v) is 1.29. The van der Waals surface area contributed by atoms with Crippen LogP contribution in [-0.4, -0.2) is 22.4 Å². The van der Waals surface area contributed by atoms with Crippen molar-refractivity contribution in [1.82, 2.24) is 15.1 Å². The molecule has 0 spiro atoms. The number of hydrogen-bond acceptors (Lipinski definition) is 2. The van der Waals surface area contributed by atoms with Crippen molar-refractivity contribution in [3.05, 3.63) is 18.0 Å². The minimum Gasteiger partial charge on any atom is -0.312 e. The molecule has 60 valence electrons. The van der Waals surface area contributed by atoms with E-state index in [4.69, 9.17) is 0 Å². The van der Waals surface area contributed by atoms with Gasteiger partial charge < -0.3 is 5.32 Å². The molecule has 0 saturated carbocycles. The second-order valence-corrected chi connectivity index (χ2v) is 3.12. The van der Waals surface area contributed by atoms with Crippen LogP contribution in [0.4, 0.5) is 0 Å². The minimum absolute atomic E-state index is 0.661. The molecule has 2 heterocycles. The molecule has 1 aliphatic heterocycles. The van der Waals surface area contributed by atoms with Gasteiger partial charge in [0.15, 0.2) is 0 Å². The van der Waals surface area contributed by atoms with Gasteiger partial charge in [0.05, 0.1) is 12.2 Å². The highest BCUT2D eigenvalue weighted by Crippen LogP contribution is 2.04. The minimum atomic E-state index is 0.661. The Bertz CT molecular complexity index is 237. The molecule has 0 aliphatic carbocycles. The lowest BCUT2D eigenvalue weighted by Crippen LogP contribution is -2.45. The average molecular weight is 151 g/mol. The first kappa shape index (κ1) is 6.85. The Hall–Kier alpha value is -0.830. The van der Waals surface area contributed by atoms with E-state index in [0.29, 0.717) is 6.04 Å². The standard InChI is InChI=1S/C8H13N3/c1-7-3-5-11(10-7)6-8-2-4-9-8/h3,5,8-9H,2,4,6H2,1H3/t8-/m1/s1. The van der Waals surface area contributed by atoms with Gasteiger partial charge in [-0.25, -0.2) is 0 Å². The zero-order chi connectivity index (χ0) is 7.68. The van der Waals surface area contributed by atoms with Gasteiger partial charge >= 0.3 is 0 Å². The Kier molecular flexibility index (Phi) is 1.66. The van der Waals surface area contributed by atoms with Crippen LogP contribution in [0.2, 0.25) is 0 Å². The highest BCUT2D eigenvalue weighted by molar-refractivity contribution is 4.95. The summed E-state index contributed by atoms with van der Waals surface area (Å²) in [6.45, 7) is 4.21. The van der Waals surface area contributed by atoms with Gasteiger partial charge in [-0.1, -0.05) is 0 Å². The maximum atomic E-state index is 4.31. The molecule has 0 unspecified atom stereocenters. The van der Waals surface area contributed by atoms with E-state index in [1.165, 1.54) is 13.0 Å². The Labute approximate surface area is 66.4 Å². The van der Waals surface area contributed by atoms with Gasteiger partial charge in [-0.15, -0.1) is 0 Å². The maximum Gasteiger partial charge on any atom is 0.0593 e. The summed E-state index contributed by atoms with van der Waals surface area (Å²) in [5.74, 6) is 0. The average Bonchev–Trinajstić information content (AvgIpc) is 2.27. The van der Waals surface area contributed by atoms with Crippen molar-refractivity contribution in [1.29, 1.82) is 0 Å². The molecular formula is C8H13N3. The fourth-order valence-electron chi connectivity index (χ4n) is 1.29. The second-order valence-electron chi connectivity index (χ2n) is 3.12. The van der Waals surface area contributed by atoms with Crippen LogP contribution >= 0.6 is 0 Å². The normalized spacial score (nSPS) is 23.2. The van der Waals surface area contributed by atoms with Crippen LogP contribution in [0.15, 0.2) is 12.3 Å². The molecule has 0 amide bonds. The van der Waals surface area contributed by atoms with Gasteiger partial charge in [0.2, 0.25) is 0 Å². The third-order valence-electron chi connectivity index (χ3n) is 2.11. The van der Waals surface area contributed by atoms with Gasteiger partial charge in [0.25, 0.3) is 0 Å². The van der Waals surface area contributed by atoms with E-state index in [-0.39, 0.29) is 0 Å². The van der Waals surface area contributed by atoms with E-state index in [2.05, 4.69) is 10.4 Å². The molecule has 3 heteroatoms. The summed E-state index contributed by atoms with van der Waals surface area (Å²) in [7, 11) is 0. The summed E-state index contributed by atoms with van der Waals surface area (Å²) in [4.78, 5) is 0. The van der Waals surface area contributed by atoms with E-state index in [1.54, 1.807) is 0 Å². The quantitative estimate of drug-likeness (QED) is 0.669. The molecule has 1 fully saturated rings. The van der Waals surface area contributed by atoms with E-state index in [0.717, 1.165) is 12.2 Å². The third-order valence-corrected chi connectivity index (χ3v) is 2.11. The summed E-state index contributed by atoms with van der Waals surface area (Å²) in [6, 6.07) is 2.70. The summed E-state index contributed by atoms with van der Waals surface area (Å²) >= 11 is 0. The van der Waals surface area contributed by atoms with Crippen molar-refractivity contribution in [2.24, 2.45) is 0 Å². The van der Waals surface area contributed by atoms with Crippen molar-refractivity contribution >= 4 is 0 Å². The van der Waals surface area contributed by atoms with Crippen molar-refractivity contribution in [3.63, 3.8) is 0 Å². The molecule has 1 atom stereocenters. The lowest BCUT2D eigenvalue weighted by Gasteiger charge is -2.27. The molecule has 1 saturated heterocycles. The molecule has 0 aromatic carbocycles. The number of nitrogens with zero attached hydrogens (tertiary/aromatic N) is 2. The first-order valence-corrected chi connectivity index (χ1v) is 4.08. The van der Waals surface area contributed by atoms with Crippen LogP contribution in [0.25, 0.3) is 0 Å². The first-order chi connectivity index (χ1) is 5.34. The summed E-state index contributed by atoms with van der Waals surface area (Å²) < 4.78 is 2.01. The van der Waals surface area contributed by atoms with Crippen LogP contribution in [0.3, 0.4) is 0 Å². The molecule has 0 radical (unpaired) electrons. The smallest absolute Gasteiger partial charge is 0.0593 e. The van der Waals surface area contributed by atoms with Crippen LogP contribution in [0.1, 0.15) is 12.1 Å². The molecule has 0 bridgehead atoms. The number of hydrogen-bond donors (Lipinski definition) is 1. The first-order valence-electron chi connectivity index (χ1n) is 4.08. The molecule has 1 aromatic rings. The predicted octanol–water partition coefficient (Wildman–Crippen LogP) is 0.553. The van der Waals surface area contributed by atoms with Crippen molar-refractivity contribution in [2.75, 3.05) is 6.54 Å². The molecule has 11 heavy (non-hydrogen) atoms. The third kappa shape index (κ3) is 1.43. The summed E-state index contributed by atoms with van der Waals surface area (Å²) in [6.07, 6.45) is 3.33. The van der Waals surface area contributed by atoms with E-state index < -0.39 is 0 Å². The maximum absolute atomic E-state index is 4.31. The topological polar surface area (TPSA) is 29.9 Å². The zero-order valence-corrected chi connectivity index (χ0v) is 6.75. The SMILES string of the molecule is Cc1ccn(C[C@H]2CCN2)n1. The Morgan fingerprint density at radius 3 is 3.09 bits per heavy atom. The molecule has 3 nitrogen and oxygen atoms in total. The van der Waals surface area contributed by atoms with Crippen molar-refractivity contribution in [2.45, 2.75) is 25.9 Å². The molecule has 1 aromatic heterocycles. The largest absolute Gasteiger partial charge is 0.312 e. The number of nitrogens with one attached hydrogen (secondary N) is 1. The van der Waals surface area contributed by atoms with Gasteiger partial charge in [0.1, 0.15) is 0 Å². The van der Waals surface area contributed by atoms with E-state index in [9.17, 15) is 0 Å². The molecule has 2 rings (SSSR count). The van der Waals surface area contributed by atoms with Crippen LogP contribution < -0.4 is 5.32 Å². The number of aromatic nitrogens is 2. The fraction of sp³-hybridized carbons (Fsp3) is 0.625. The molecular weight excluding hydrogens is 138 g/mol. The Morgan fingerprint density at radius 1 is 1.82 bits per heavy atom. The highest BCUT2D eigenvalue weighted by atomic mass is 15.3. The zero-order valence-electron chi connectivity index (χ0n) is 6.75. The van der Waals surface area contributed by atoms with Gasteiger partial charge in [0, 0.05) is 12.2 Å². The van der Waals surface area contributed by atoms with Crippen LogP contribution in [0, 0.1) is 6.92 Å². The second kappa shape index (κ2) is 2.66. The van der Waals surface area contributed by atoms with E-state index >= 15 is 0 Å². The van der Waals surface area contributed by atoms with Crippen molar-refractivity contribution in [3.8, 4) is 0 Å². The van der Waals surface area contributed by atoms with E-state index in [1.807, 2.05) is 23.9 Å². The lowest BCUT2D eigenvalue weighted by atomic mass is 10.1. The van der Waals surface area contributed by atoms with Gasteiger partial charge in [-0.3, -0.25) is 4.68 Å². The lowest BCUT2D eigenvalue weighted by molar-refractivity contribution is 0.318. The monoisotopic (exact) mass is 151 g/mol. The van der Waals surface area contributed by atoms with Gasteiger partial charge in [-0.05, 0) is 26.0 Å². The summed E-state index contributed by atoms with van der Waals surface area (Å²) in [5, 5.41) is 7.65. The van der Waals surface area contributed by atoms with Gasteiger partial charge in [-0.2, -0.15) is 5.10 Å². The van der Waals surface area contributed by atoms with Crippen molar-refractivity contribution < 1.29 is 0 Å². The molecule has 1 aliphatic rings. The Balaban J connectivity index is 1.95.